The van der Waals surface area contributed by atoms with E-state index in [4.69, 9.17) is 5.73 Å². The van der Waals surface area contributed by atoms with Gasteiger partial charge in [0.1, 0.15) is 0 Å². The smallest absolute Gasteiger partial charge is 0.0673 e. The Kier molecular flexibility index (Phi) is 4.58. The summed E-state index contributed by atoms with van der Waals surface area (Å²) in [4.78, 5) is 7.09. The summed E-state index contributed by atoms with van der Waals surface area (Å²) in [6.45, 7) is 9.12. The van der Waals surface area contributed by atoms with Crippen molar-refractivity contribution in [2.75, 3.05) is 13.1 Å². The molecular weight excluding hydrogens is 234 g/mol. The van der Waals surface area contributed by atoms with Crippen LogP contribution >= 0.6 is 0 Å². The van der Waals surface area contributed by atoms with Crippen LogP contribution in [0.15, 0.2) is 24.4 Å². The van der Waals surface area contributed by atoms with Crippen LogP contribution in [0, 0.1) is 5.41 Å². The molecule has 0 radical (unpaired) electrons. The van der Waals surface area contributed by atoms with E-state index in [1.165, 1.54) is 12.8 Å². The van der Waals surface area contributed by atoms with Crippen LogP contribution in [0.5, 0.6) is 0 Å². The van der Waals surface area contributed by atoms with Gasteiger partial charge in [0, 0.05) is 18.8 Å². The quantitative estimate of drug-likeness (QED) is 0.906. The van der Waals surface area contributed by atoms with Crippen LogP contribution in [-0.4, -0.2) is 29.0 Å². The highest BCUT2D eigenvalue weighted by Gasteiger charge is 2.34. The third-order valence-electron chi connectivity index (χ3n) is 4.19. The van der Waals surface area contributed by atoms with E-state index < -0.39 is 0 Å². The highest BCUT2D eigenvalue weighted by atomic mass is 15.2. The molecule has 1 aromatic rings. The van der Waals surface area contributed by atoms with E-state index >= 15 is 0 Å². The minimum Gasteiger partial charge on any atom is -0.326 e. The molecule has 3 heteroatoms. The molecule has 2 heterocycles. The van der Waals surface area contributed by atoms with E-state index in [9.17, 15) is 0 Å². The van der Waals surface area contributed by atoms with Crippen LogP contribution in [0.25, 0.3) is 0 Å². The second-order valence-corrected chi connectivity index (χ2v) is 6.51. The highest BCUT2D eigenvalue weighted by Crippen LogP contribution is 2.34. The first-order valence-corrected chi connectivity index (χ1v) is 7.44. The number of hydrogen-bond donors (Lipinski definition) is 1. The van der Waals surface area contributed by atoms with Crippen molar-refractivity contribution in [2.24, 2.45) is 11.1 Å². The predicted molar refractivity (Wildman–Crippen MR) is 79.8 cm³/mol. The average molecular weight is 261 g/mol. The Morgan fingerprint density at radius 2 is 2.21 bits per heavy atom. The lowest BCUT2D eigenvalue weighted by Crippen LogP contribution is -2.48. The third-order valence-corrected chi connectivity index (χ3v) is 4.19. The van der Waals surface area contributed by atoms with Gasteiger partial charge in [0.05, 0.1) is 11.7 Å². The predicted octanol–water partition coefficient (Wildman–Crippen LogP) is 2.98. The summed E-state index contributed by atoms with van der Waals surface area (Å²) in [7, 11) is 0. The largest absolute Gasteiger partial charge is 0.326 e. The summed E-state index contributed by atoms with van der Waals surface area (Å²) in [6, 6.07) is 6.56. The van der Waals surface area contributed by atoms with E-state index in [1.54, 1.807) is 0 Å². The number of likely N-dealkylation sites (tertiary alicyclic amines) is 1. The molecule has 106 valence electrons. The zero-order valence-corrected chi connectivity index (χ0v) is 12.5. The molecule has 1 aliphatic rings. The summed E-state index contributed by atoms with van der Waals surface area (Å²) in [6.07, 6.45) is 5.42. The van der Waals surface area contributed by atoms with Crippen molar-refractivity contribution in [2.45, 2.75) is 52.1 Å². The molecule has 1 aliphatic heterocycles. The first-order chi connectivity index (χ1) is 9.03. The number of rotatable bonds is 4. The van der Waals surface area contributed by atoms with E-state index in [2.05, 4.69) is 42.8 Å². The first-order valence-electron chi connectivity index (χ1n) is 7.44. The third kappa shape index (κ3) is 3.54. The number of nitrogens with two attached hydrogens (primary N) is 1. The van der Waals surface area contributed by atoms with Gasteiger partial charge in [-0.2, -0.15) is 0 Å². The molecule has 0 amide bonds. The molecule has 1 aromatic heterocycles. The zero-order chi connectivity index (χ0) is 13.9. The maximum atomic E-state index is 6.39. The molecule has 2 unspecified atom stereocenters. The fourth-order valence-electron chi connectivity index (χ4n) is 3.16. The molecule has 0 aromatic carbocycles. The Labute approximate surface area is 117 Å². The number of pyridine rings is 1. The molecule has 3 nitrogen and oxygen atoms in total. The summed E-state index contributed by atoms with van der Waals surface area (Å²) < 4.78 is 0. The van der Waals surface area contributed by atoms with Crippen LogP contribution in [0.4, 0.5) is 0 Å². The zero-order valence-electron chi connectivity index (χ0n) is 12.5. The Balaban J connectivity index is 2.23. The Morgan fingerprint density at radius 3 is 2.79 bits per heavy atom. The molecule has 2 rings (SSSR count). The van der Waals surface area contributed by atoms with Crippen LogP contribution in [-0.2, 0) is 0 Å². The maximum absolute atomic E-state index is 6.39. The van der Waals surface area contributed by atoms with Gasteiger partial charge in [-0.05, 0) is 43.4 Å². The second kappa shape index (κ2) is 6.02. The van der Waals surface area contributed by atoms with Crippen molar-refractivity contribution in [1.29, 1.82) is 0 Å². The van der Waals surface area contributed by atoms with Gasteiger partial charge in [0.2, 0.25) is 0 Å². The van der Waals surface area contributed by atoms with Crippen molar-refractivity contribution >= 4 is 0 Å². The van der Waals surface area contributed by atoms with E-state index in [1.807, 2.05) is 12.3 Å². The molecule has 0 spiro atoms. The van der Waals surface area contributed by atoms with Crippen molar-refractivity contribution in [3.8, 4) is 0 Å². The summed E-state index contributed by atoms with van der Waals surface area (Å²) in [5.41, 5.74) is 7.89. The summed E-state index contributed by atoms with van der Waals surface area (Å²) in [5, 5.41) is 0. The van der Waals surface area contributed by atoms with Crippen molar-refractivity contribution in [1.82, 2.24) is 9.88 Å². The van der Waals surface area contributed by atoms with E-state index in [-0.39, 0.29) is 12.1 Å². The number of aromatic nitrogens is 1. The standard InChI is InChI=1S/C16H27N3/c1-4-13(17)15(14-8-5-6-10-18-14)19-11-7-9-16(2,3)12-19/h5-6,8,10,13,15H,4,7,9,11-12,17H2,1-3H3. The topological polar surface area (TPSA) is 42.1 Å². The molecule has 0 bridgehead atoms. The minimum absolute atomic E-state index is 0.156. The van der Waals surface area contributed by atoms with Crippen molar-refractivity contribution < 1.29 is 0 Å². The highest BCUT2D eigenvalue weighted by molar-refractivity contribution is 5.12. The number of piperidine rings is 1. The monoisotopic (exact) mass is 261 g/mol. The van der Waals surface area contributed by atoms with Crippen LogP contribution in [0.2, 0.25) is 0 Å². The molecule has 2 atom stereocenters. The molecule has 2 N–H and O–H groups in total. The molecular formula is C16H27N3. The Morgan fingerprint density at radius 1 is 1.42 bits per heavy atom. The van der Waals surface area contributed by atoms with E-state index in [0.717, 1.165) is 25.2 Å². The fraction of sp³-hybridized carbons (Fsp3) is 0.688. The van der Waals surface area contributed by atoms with Gasteiger partial charge in [-0.3, -0.25) is 9.88 Å². The van der Waals surface area contributed by atoms with E-state index in [0.29, 0.717) is 5.41 Å². The van der Waals surface area contributed by atoms with Crippen molar-refractivity contribution in [3.05, 3.63) is 30.1 Å². The van der Waals surface area contributed by atoms with Gasteiger partial charge in [0.15, 0.2) is 0 Å². The van der Waals surface area contributed by atoms with Gasteiger partial charge in [-0.25, -0.2) is 0 Å². The normalized spacial score (nSPS) is 22.9. The minimum atomic E-state index is 0.156. The maximum Gasteiger partial charge on any atom is 0.0673 e. The van der Waals surface area contributed by atoms with Gasteiger partial charge in [-0.15, -0.1) is 0 Å². The lowest BCUT2D eigenvalue weighted by atomic mass is 9.82. The number of hydrogen-bond acceptors (Lipinski definition) is 3. The lowest BCUT2D eigenvalue weighted by molar-refractivity contribution is 0.0639. The van der Waals surface area contributed by atoms with Crippen LogP contribution in [0.3, 0.4) is 0 Å². The Hall–Kier alpha value is -0.930. The fourth-order valence-corrected chi connectivity index (χ4v) is 3.16. The average Bonchev–Trinajstić information content (AvgIpc) is 2.39. The Bertz CT molecular complexity index is 388. The van der Waals surface area contributed by atoms with Crippen molar-refractivity contribution in [3.63, 3.8) is 0 Å². The molecule has 1 saturated heterocycles. The summed E-state index contributed by atoms with van der Waals surface area (Å²) in [5.74, 6) is 0. The second-order valence-electron chi connectivity index (χ2n) is 6.51. The number of nitrogens with zero attached hydrogens (tertiary/aromatic N) is 2. The molecule has 1 fully saturated rings. The molecule has 19 heavy (non-hydrogen) atoms. The summed E-state index contributed by atoms with van der Waals surface area (Å²) >= 11 is 0. The SMILES string of the molecule is CCC(N)C(c1ccccn1)N1CCCC(C)(C)C1. The van der Waals surface area contributed by atoms with Gasteiger partial charge in [-0.1, -0.05) is 26.8 Å². The van der Waals surface area contributed by atoms with Crippen LogP contribution in [0.1, 0.15) is 51.8 Å². The van der Waals surface area contributed by atoms with Gasteiger partial charge >= 0.3 is 0 Å². The molecule has 0 aliphatic carbocycles. The van der Waals surface area contributed by atoms with Gasteiger partial charge in [0.25, 0.3) is 0 Å². The first kappa shape index (κ1) is 14.5. The molecule has 0 saturated carbocycles. The lowest BCUT2D eigenvalue weighted by Gasteiger charge is -2.43. The van der Waals surface area contributed by atoms with Crippen LogP contribution < -0.4 is 5.73 Å². The van der Waals surface area contributed by atoms with Gasteiger partial charge < -0.3 is 5.73 Å².